The van der Waals surface area contributed by atoms with Gasteiger partial charge >= 0.3 is 0 Å². The number of likely N-dealkylation sites (N-methyl/N-ethyl adjacent to an activating group) is 1. The van der Waals surface area contributed by atoms with Gasteiger partial charge in [0.25, 0.3) is 5.91 Å². The maximum Gasteiger partial charge on any atom is 0.273 e. The average molecular weight is 466 g/mol. The molecule has 1 aromatic carbocycles. The Labute approximate surface area is 203 Å². The summed E-state index contributed by atoms with van der Waals surface area (Å²) in [4.78, 5) is 31.1. The highest BCUT2D eigenvalue weighted by Gasteiger charge is 2.48. The lowest BCUT2D eigenvalue weighted by Crippen LogP contribution is -2.65. The van der Waals surface area contributed by atoms with Crippen LogP contribution < -0.4 is 5.32 Å². The molecule has 0 spiro atoms. The van der Waals surface area contributed by atoms with Crippen LogP contribution in [0.1, 0.15) is 74.8 Å². The minimum absolute atomic E-state index is 0.0736. The summed E-state index contributed by atoms with van der Waals surface area (Å²) in [5, 5.41) is 8.04. The van der Waals surface area contributed by atoms with E-state index in [4.69, 9.17) is 5.10 Å². The van der Waals surface area contributed by atoms with E-state index in [0.29, 0.717) is 31.2 Å². The number of carbonyl (C=O) groups excluding carboxylic acids is 2. The highest BCUT2D eigenvalue weighted by Crippen LogP contribution is 2.31. The fourth-order valence-electron chi connectivity index (χ4n) is 5.06. The molecule has 1 N–H and O–H groups in total. The third kappa shape index (κ3) is 4.90. The van der Waals surface area contributed by atoms with Crippen molar-refractivity contribution in [2.24, 2.45) is 0 Å². The van der Waals surface area contributed by atoms with Gasteiger partial charge in [-0.05, 0) is 51.4 Å². The second-order valence-electron chi connectivity index (χ2n) is 10.7. The number of nitrogens with one attached hydrogen (secondary N) is 1. The summed E-state index contributed by atoms with van der Waals surface area (Å²) in [5.74, 6) is 0.252. The number of rotatable bonds is 7. The van der Waals surface area contributed by atoms with E-state index in [1.165, 1.54) is 12.0 Å². The summed E-state index contributed by atoms with van der Waals surface area (Å²) < 4.78 is 1.74. The van der Waals surface area contributed by atoms with Crippen LogP contribution in [0, 0.1) is 0 Å². The van der Waals surface area contributed by atoms with Crippen molar-refractivity contribution in [1.29, 1.82) is 0 Å². The molecule has 4 rings (SSSR count). The molecule has 0 radical (unpaired) electrons. The first-order valence-corrected chi connectivity index (χ1v) is 12.6. The second kappa shape index (κ2) is 9.90. The van der Waals surface area contributed by atoms with Gasteiger partial charge in [0.15, 0.2) is 0 Å². The molecule has 0 bridgehead atoms. The third-order valence-corrected chi connectivity index (χ3v) is 7.37. The first kappa shape index (κ1) is 24.5. The van der Waals surface area contributed by atoms with Gasteiger partial charge in [-0.25, -0.2) is 0 Å². The Morgan fingerprint density at radius 3 is 2.47 bits per heavy atom. The number of benzene rings is 1. The molecule has 2 aromatic rings. The van der Waals surface area contributed by atoms with Gasteiger partial charge in [0.1, 0.15) is 11.2 Å². The third-order valence-electron chi connectivity index (χ3n) is 7.37. The number of amides is 2. The summed E-state index contributed by atoms with van der Waals surface area (Å²) in [6.07, 6.45) is 5.54. The predicted molar refractivity (Wildman–Crippen MR) is 135 cm³/mol. The normalized spacial score (nSPS) is 21.3. The molecule has 1 atom stereocenters. The topological polar surface area (TPSA) is 70.5 Å². The van der Waals surface area contributed by atoms with Crippen LogP contribution in [-0.2, 0) is 11.3 Å². The van der Waals surface area contributed by atoms with Crippen LogP contribution in [0.3, 0.4) is 0 Å². The molecule has 2 amide bonds. The standard InChI is InChI=1S/C27H39N5O2/c1-19(2)20-11-13-21(14-12-20)23-17-24-25(33)31(16-15-30(4)5)27(3,18-32(24)29-23)26(34)28-22-9-7-6-8-10-22/h11-14,17,19,22H,6-10,15-16,18H2,1-5H3,(H,28,34). The van der Waals surface area contributed by atoms with E-state index in [1.807, 2.05) is 32.0 Å². The summed E-state index contributed by atoms with van der Waals surface area (Å²) in [5.41, 5.74) is 2.58. The largest absolute Gasteiger partial charge is 0.351 e. The zero-order valence-electron chi connectivity index (χ0n) is 21.3. The highest BCUT2D eigenvalue weighted by molar-refractivity contribution is 6.00. The van der Waals surface area contributed by atoms with Gasteiger partial charge < -0.3 is 15.1 Å². The van der Waals surface area contributed by atoms with Crippen molar-refractivity contribution in [2.45, 2.75) is 76.9 Å². The highest BCUT2D eigenvalue weighted by atomic mass is 16.2. The monoisotopic (exact) mass is 465 g/mol. The van der Waals surface area contributed by atoms with E-state index in [-0.39, 0.29) is 17.9 Å². The van der Waals surface area contributed by atoms with Gasteiger partial charge in [-0.1, -0.05) is 57.4 Å². The molecule has 7 nitrogen and oxygen atoms in total. The lowest BCUT2D eigenvalue weighted by atomic mass is 9.91. The quantitative estimate of drug-likeness (QED) is 0.673. The zero-order valence-corrected chi connectivity index (χ0v) is 21.3. The first-order valence-electron chi connectivity index (χ1n) is 12.6. The van der Waals surface area contributed by atoms with Crippen LogP contribution in [-0.4, -0.2) is 70.2 Å². The molecular formula is C27H39N5O2. The number of aromatic nitrogens is 2. The average Bonchev–Trinajstić information content (AvgIpc) is 3.23. The number of fused-ring (bicyclic) bond motifs is 1. The van der Waals surface area contributed by atoms with Crippen LogP contribution in [0.4, 0.5) is 0 Å². The van der Waals surface area contributed by atoms with Gasteiger partial charge in [0, 0.05) is 24.7 Å². The van der Waals surface area contributed by atoms with Gasteiger partial charge in [0.2, 0.25) is 5.91 Å². The molecule has 1 saturated carbocycles. The number of hydrogen-bond donors (Lipinski definition) is 1. The zero-order chi connectivity index (χ0) is 24.5. The second-order valence-corrected chi connectivity index (χ2v) is 10.7. The lowest BCUT2D eigenvalue weighted by molar-refractivity contribution is -0.134. The summed E-state index contributed by atoms with van der Waals surface area (Å²) in [6, 6.07) is 10.4. The molecule has 1 aliphatic heterocycles. The molecule has 184 valence electrons. The van der Waals surface area contributed by atoms with E-state index in [0.717, 1.165) is 36.9 Å². The van der Waals surface area contributed by atoms with Gasteiger partial charge in [0.05, 0.1) is 12.2 Å². The maximum absolute atomic E-state index is 13.7. The summed E-state index contributed by atoms with van der Waals surface area (Å²) in [6.45, 7) is 7.76. The molecule has 1 unspecified atom stereocenters. The molecule has 1 aromatic heterocycles. The van der Waals surface area contributed by atoms with E-state index in [2.05, 4.69) is 43.4 Å². The molecule has 0 saturated heterocycles. The maximum atomic E-state index is 13.7. The van der Waals surface area contributed by atoms with Crippen molar-refractivity contribution in [3.63, 3.8) is 0 Å². The fourth-order valence-corrected chi connectivity index (χ4v) is 5.06. The van der Waals surface area contributed by atoms with Gasteiger partial charge in [-0.2, -0.15) is 5.10 Å². The molecule has 34 heavy (non-hydrogen) atoms. The SMILES string of the molecule is CC(C)c1ccc(-c2cc3n(n2)CC(C)(C(=O)NC2CCCCC2)N(CCN(C)C)C3=O)cc1. The molecule has 7 heteroatoms. The van der Waals surface area contributed by atoms with Crippen molar-refractivity contribution < 1.29 is 9.59 Å². The van der Waals surface area contributed by atoms with Gasteiger partial charge in [-0.15, -0.1) is 0 Å². The Bertz CT molecular complexity index is 1020. The molecule has 2 heterocycles. The van der Waals surface area contributed by atoms with Crippen LogP contribution >= 0.6 is 0 Å². The lowest BCUT2D eigenvalue weighted by Gasteiger charge is -2.44. The van der Waals surface area contributed by atoms with E-state index in [9.17, 15) is 9.59 Å². The number of hydrogen-bond acceptors (Lipinski definition) is 4. The summed E-state index contributed by atoms with van der Waals surface area (Å²) in [7, 11) is 3.97. The van der Waals surface area contributed by atoms with Crippen molar-refractivity contribution in [2.75, 3.05) is 27.2 Å². The molecular weight excluding hydrogens is 426 g/mol. The Hall–Kier alpha value is -2.67. The summed E-state index contributed by atoms with van der Waals surface area (Å²) >= 11 is 0. The van der Waals surface area contributed by atoms with Crippen LogP contribution in [0.25, 0.3) is 11.3 Å². The molecule has 1 aliphatic carbocycles. The minimum atomic E-state index is -0.984. The van der Waals surface area contributed by atoms with Crippen molar-refractivity contribution in [3.8, 4) is 11.3 Å². The Morgan fingerprint density at radius 1 is 1.18 bits per heavy atom. The van der Waals surface area contributed by atoms with Gasteiger partial charge in [-0.3, -0.25) is 14.3 Å². The number of nitrogens with zero attached hydrogens (tertiary/aromatic N) is 4. The van der Waals surface area contributed by atoms with E-state index >= 15 is 0 Å². The minimum Gasteiger partial charge on any atom is -0.351 e. The Kier molecular flexibility index (Phi) is 7.12. The molecule has 2 aliphatic rings. The predicted octanol–water partition coefficient (Wildman–Crippen LogP) is 3.90. The van der Waals surface area contributed by atoms with Crippen molar-refractivity contribution in [3.05, 3.63) is 41.6 Å². The van der Waals surface area contributed by atoms with Crippen molar-refractivity contribution >= 4 is 11.8 Å². The van der Waals surface area contributed by atoms with E-state index < -0.39 is 5.54 Å². The van der Waals surface area contributed by atoms with Crippen LogP contribution in [0.5, 0.6) is 0 Å². The fraction of sp³-hybridized carbons (Fsp3) is 0.593. The van der Waals surface area contributed by atoms with Crippen molar-refractivity contribution in [1.82, 2.24) is 24.9 Å². The van der Waals surface area contributed by atoms with Crippen LogP contribution in [0.15, 0.2) is 30.3 Å². The Balaban J connectivity index is 1.64. The van der Waals surface area contributed by atoms with E-state index in [1.54, 1.807) is 9.58 Å². The Morgan fingerprint density at radius 2 is 1.85 bits per heavy atom. The smallest absolute Gasteiger partial charge is 0.273 e. The van der Waals surface area contributed by atoms with Crippen LogP contribution in [0.2, 0.25) is 0 Å². The number of carbonyl (C=O) groups is 2. The first-order chi connectivity index (χ1) is 16.2. The molecule has 1 fully saturated rings.